The van der Waals surface area contributed by atoms with Crippen LogP contribution in [0.1, 0.15) is 21.5 Å². The molecule has 1 aromatic heterocycles. The van der Waals surface area contributed by atoms with Crippen molar-refractivity contribution in [3.8, 4) is 0 Å². The molecule has 1 amide bonds. The van der Waals surface area contributed by atoms with E-state index in [9.17, 15) is 4.79 Å². The summed E-state index contributed by atoms with van der Waals surface area (Å²) in [6, 6.07) is 9.08. The molecule has 8 heteroatoms. The lowest BCUT2D eigenvalue weighted by atomic mass is 10.1. The molecule has 0 atom stereocenters. The minimum Gasteiger partial charge on any atom is -0.308 e. The number of rotatable bonds is 5. The van der Waals surface area contributed by atoms with Gasteiger partial charge in [0, 0.05) is 18.1 Å². The van der Waals surface area contributed by atoms with E-state index in [0.717, 1.165) is 15.8 Å². The van der Waals surface area contributed by atoms with Crippen molar-refractivity contribution in [2.75, 3.05) is 32.1 Å². The van der Waals surface area contributed by atoms with E-state index in [2.05, 4.69) is 26.0 Å². The number of aryl methyl sites for hydroxylation is 2. The molecule has 0 saturated heterocycles. The fourth-order valence-corrected chi connectivity index (χ4v) is 4.26. The molecule has 4 nitrogen and oxygen atoms in total. The average Bonchev–Trinajstić information content (AvgIpc) is 3.02. The molecule has 0 fully saturated rings. The van der Waals surface area contributed by atoms with Crippen LogP contribution in [0.25, 0.3) is 10.2 Å². The molecule has 0 aliphatic carbocycles. The first kappa shape index (κ1) is 22.9. The van der Waals surface area contributed by atoms with Crippen molar-refractivity contribution in [3.63, 3.8) is 0 Å². The Labute approximate surface area is 185 Å². The van der Waals surface area contributed by atoms with Gasteiger partial charge in [0.2, 0.25) is 0 Å². The van der Waals surface area contributed by atoms with Crippen molar-refractivity contribution in [3.05, 3.63) is 57.1 Å². The van der Waals surface area contributed by atoms with E-state index >= 15 is 0 Å². The smallest absolute Gasteiger partial charge is 0.261 e. The third-order valence-electron chi connectivity index (χ3n) is 4.48. The lowest BCUT2D eigenvalue weighted by Crippen LogP contribution is -2.36. The van der Waals surface area contributed by atoms with E-state index in [4.69, 9.17) is 28.2 Å². The Morgan fingerprint density at radius 2 is 1.82 bits per heavy atom. The van der Waals surface area contributed by atoms with Crippen LogP contribution in [-0.2, 0) is 0 Å². The highest BCUT2D eigenvalue weighted by Gasteiger charge is 2.24. The molecule has 0 radical (unpaired) electrons. The summed E-state index contributed by atoms with van der Waals surface area (Å²) < 4.78 is 1.07. The van der Waals surface area contributed by atoms with Crippen LogP contribution in [0.5, 0.6) is 0 Å². The molecule has 0 bridgehead atoms. The minimum atomic E-state index is -0.174. The molecule has 28 heavy (non-hydrogen) atoms. The minimum absolute atomic E-state index is 0. The highest BCUT2D eigenvalue weighted by molar-refractivity contribution is 7.22. The summed E-state index contributed by atoms with van der Waals surface area (Å²) in [5.41, 5.74) is 3.69. The van der Waals surface area contributed by atoms with Gasteiger partial charge < -0.3 is 4.90 Å². The Bertz CT molecular complexity index is 1000. The zero-order chi connectivity index (χ0) is 19.7. The number of anilines is 1. The van der Waals surface area contributed by atoms with E-state index in [1.807, 2.05) is 19.0 Å². The van der Waals surface area contributed by atoms with Crippen LogP contribution in [0.15, 0.2) is 30.3 Å². The predicted octanol–water partition coefficient (Wildman–Crippen LogP) is 5.85. The van der Waals surface area contributed by atoms with Crippen LogP contribution in [0.4, 0.5) is 5.13 Å². The highest BCUT2D eigenvalue weighted by atomic mass is 35.5. The quantitative estimate of drug-likeness (QED) is 0.481. The average molecular weight is 459 g/mol. The van der Waals surface area contributed by atoms with E-state index in [0.29, 0.717) is 33.8 Å². The topological polar surface area (TPSA) is 36.4 Å². The molecular formula is C20H22Cl3N3OS. The van der Waals surface area contributed by atoms with E-state index < -0.39 is 0 Å². The summed E-state index contributed by atoms with van der Waals surface area (Å²) in [5.74, 6) is -0.174. The lowest BCUT2D eigenvalue weighted by Gasteiger charge is -2.22. The fraction of sp³-hybridized carbons (Fsp3) is 0.300. The van der Waals surface area contributed by atoms with E-state index in [1.54, 1.807) is 23.1 Å². The van der Waals surface area contributed by atoms with E-state index in [-0.39, 0.29) is 18.3 Å². The molecule has 2 aromatic carbocycles. The number of thiazole rings is 1. The Morgan fingerprint density at radius 3 is 2.46 bits per heavy atom. The Balaban J connectivity index is 0.00000280. The zero-order valence-electron chi connectivity index (χ0n) is 16.1. The van der Waals surface area contributed by atoms with Gasteiger partial charge in [-0.25, -0.2) is 4.98 Å². The van der Waals surface area contributed by atoms with Gasteiger partial charge in [-0.2, -0.15) is 0 Å². The molecule has 3 aromatic rings. The third-order valence-corrected chi connectivity index (χ3v) is 6.07. The van der Waals surface area contributed by atoms with Crippen molar-refractivity contribution >= 4 is 68.2 Å². The summed E-state index contributed by atoms with van der Waals surface area (Å²) in [7, 11) is 3.95. The maximum absolute atomic E-state index is 13.3. The highest BCUT2D eigenvalue weighted by Crippen LogP contribution is 2.33. The van der Waals surface area contributed by atoms with Crippen LogP contribution in [0.3, 0.4) is 0 Å². The van der Waals surface area contributed by atoms with Gasteiger partial charge in [0.25, 0.3) is 5.91 Å². The second-order valence-electron chi connectivity index (χ2n) is 6.73. The van der Waals surface area contributed by atoms with Crippen LogP contribution in [0, 0.1) is 13.8 Å². The summed E-state index contributed by atoms with van der Waals surface area (Å²) in [5, 5.41) is 1.52. The number of hydrogen-bond acceptors (Lipinski definition) is 4. The summed E-state index contributed by atoms with van der Waals surface area (Å²) in [4.78, 5) is 21.8. The molecule has 150 valence electrons. The summed E-state index contributed by atoms with van der Waals surface area (Å²) in [6.07, 6.45) is 0. The predicted molar refractivity (Wildman–Crippen MR) is 123 cm³/mol. The maximum atomic E-state index is 13.3. The number of benzene rings is 2. The number of nitrogens with zero attached hydrogens (tertiary/aromatic N) is 3. The monoisotopic (exact) mass is 457 g/mol. The van der Waals surface area contributed by atoms with Crippen LogP contribution in [0.2, 0.25) is 10.0 Å². The van der Waals surface area contributed by atoms with Crippen LogP contribution < -0.4 is 4.90 Å². The second kappa shape index (κ2) is 9.42. The summed E-state index contributed by atoms with van der Waals surface area (Å²) >= 11 is 13.8. The second-order valence-corrected chi connectivity index (χ2v) is 8.59. The largest absolute Gasteiger partial charge is 0.308 e. The first-order valence-corrected chi connectivity index (χ1v) is 10.1. The van der Waals surface area contributed by atoms with Crippen LogP contribution >= 0.6 is 46.9 Å². The SMILES string of the molecule is Cc1ccc2sc(N(CCN(C)C)C(=O)c3ccc(Cl)cc3Cl)nc2c1C.Cl. The fourth-order valence-electron chi connectivity index (χ4n) is 2.72. The number of carbonyl (C=O) groups is 1. The molecule has 1 heterocycles. The van der Waals surface area contributed by atoms with E-state index in [1.165, 1.54) is 16.9 Å². The normalized spacial score (nSPS) is 11.0. The van der Waals surface area contributed by atoms with Gasteiger partial charge >= 0.3 is 0 Å². The van der Waals surface area contributed by atoms with Gasteiger partial charge in [-0.1, -0.05) is 40.6 Å². The van der Waals surface area contributed by atoms with Gasteiger partial charge in [-0.15, -0.1) is 12.4 Å². The molecule has 0 N–H and O–H groups in total. The molecule has 0 saturated carbocycles. The van der Waals surface area contributed by atoms with Gasteiger partial charge in [0.1, 0.15) is 0 Å². The Hall–Kier alpha value is -1.37. The molecule has 0 aliphatic heterocycles. The molecule has 0 unspecified atom stereocenters. The first-order chi connectivity index (χ1) is 12.8. The van der Waals surface area contributed by atoms with Crippen LogP contribution in [-0.4, -0.2) is 43.0 Å². The lowest BCUT2D eigenvalue weighted by molar-refractivity contribution is 0.0985. The van der Waals surface area contributed by atoms with Gasteiger partial charge in [-0.3, -0.25) is 9.69 Å². The van der Waals surface area contributed by atoms with Gasteiger partial charge in [0.05, 0.1) is 20.8 Å². The number of halogens is 3. The van der Waals surface area contributed by atoms with Crippen molar-refractivity contribution in [2.24, 2.45) is 0 Å². The number of hydrogen-bond donors (Lipinski definition) is 0. The first-order valence-electron chi connectivity index (χ1n) is 8.56. The maximum Gasteiger partial charge on any atom is 0.261 e. The molecule has 0 aliphatic rings. The van der Waals surface area contributed by atoms with Gasteiger partial charge in [-0.05, 0) is 63.3 Å². The number of aromatic nitrogens is 1. The van der Waals surface area contributed by atoms with Crippen molar-refractivity contribution in [2.45, 2.75) is 13.8 Å². The van der Waals surface area contributed by atoms with Crippen molar-refractivity contribution in [1.82, 2.24) is 9.88 Å². The molecule has 3 rings (SSSR count). The Morgan fingerprint density at radius 1 is 1.11 bits per heavy atom. The number of carbonyl (C=O) groups excluding carboxylic acids is 1. The number of likely N-dealkylation sites (N-methyl/N-ethyl adjacent to an activating group) is 1. The third kappa shape index (κ3) is 4.78. The molecular weight excluding hydrogens is 437 g/mol. The Kier molecular flexibility index (Phi) is 7.71. The number of amides is 1. The number of fused-ring (bicyclic) bond motifs is 1. The van der Waals surface area contributed by atoms with Crippen molar-refractivity contribution in [1.29, 1.82) is 0 Å². The molecule has 0 spiro atoms. The standard InChI is InChI=1S/C20H21Cl2N3OS.ClH/c1-12-5-8-17-18(13(12)2)23-20(27-17)25(10-9-24(3)4)19(26)15-7-6-14(21)11-16(15)22;/h5-8,11H,9-10H2,1-4H3;1H. The zero-order valence-corrected chi connectivity index (χ0v) is 19.3. The van der Waals surface area contributed by atoms with Gasteiger partial charge in [0.15, 0.2) is 5.13 Å². The van der Waals surface area contributed by atoms with Crippen molar-refractivity contribution < 1.29 is 4.79 Å². The summed E-state index contributed by atoms with van der Waals surface area (Å²) in [6.45, 7) is 5.35.